The average Bonchev–Trinajstić information content (AvgIpc) is 3.01. The first kappa shape index (κ1) is 26.3. The van der Waals surface area contributed by atoms with Gasteiger partial charge in [-0.05, 0) is 37.6 Å². The Morgan fingerprint density at radius 1 is 1.00 bits per heavy atom. The summed E-state index contributed by atoms with van der Waals surface area (Å²) >= 11 is 6.48. The molecule has 0 aliphatic carbocycles. The minimum absolute atomic E-state index is 0.131. The third-order valence-corrected chi connectivity index (χ3v) is 6.61. The molecule has 0 saturated carbocycles. The summed E-state index contributed by atoms with van der Waals surface area (Å²) in [6.07, 6.45) is -1.52. The zero-order valence-corrected chi connectivity index (χ0v) is 21.8. The second-order valence-electron chi connectivity index (χ2n) is 8.93. The van der Waals surface area contributed by atoms with Crippen LogP contribution in [0.3, 0.4) is 0 Å². The highest BCUT2D eigenvalue weighted by Gasteiger charge is 2.52. The van der Waals surface area contributed by atoms with Crippen LogP contribution < -0.4 is 24.4 Å². The monoisotopic (exact) mass is 524 g/mol. The van der Waals surface area contributed by atoms with E-state index in [2.05, 4.69) is 5.32 Å². The van der Waals surface area contributed by atoms with Crippen molar-refractivity contribution in [1.82, 2.24) is 5.32 Å². The van der Waals surface area contributed by atoms with Gasteiger partial charge < -0.3 is 24.2 Å². The van der Waals surface area contributed by atoms with Gasteiger partial charge in [0.1, 0.15) is 22.8 Å². The highest BCUT2D eigenvalue weighted by molar-refractivity contribution is 6.30. The largest absolute Gasteiger partial charge is 0.496 e. The van der Waals surface area contributed by atoms with Crippen molar-refractivity contribution in [3.63, 3.8) is 0 Å². The number of carboxylic acids is 1. The fourth-order valence-electron chi connectivity index (χ4n) is 4.78. The SMILES string of the molecule is COc1cc(OC)cc(O[C@H](C(=O)O)[C@@]2(c3ccccc3)NCC(=O)N(C(C)C)c3ccc(Cl)cc32)c1. The number of fused-ring (bicyclic) bond motifs is 1. The van der Waals surface area contributed by atoms with Crippen molar-refractivity contribution in [3.05, 3.63) is 82.9 Å². The van der Waals surface area contributed by atoms with Gasteiger partial charge in [-0.2, -0.15) is 0 Å². The number of hydrogen-bond acceptors (Lipinski definition) is 6. The molecular weight excluding hydrogens is 496 g/mol. The number of carbonyl (C=O) groups is 2. The molecule has 0 aromatic heterocycles. The summed E-state index contributed by atoms with van der Waals surface area (Å²) in [5.74, 6) is -0.352. The summed E-state index contributed by atoms with van der Waals surface area (Å²) in [6.45, 7) is 3.67. The number of ether oxygens (including phenoxy) is 3. The number of nitrogens with one attached hydrogen (secondary N) is 1. The van der Waals surface area contributed by atoms with Gasteiger partial charge in [0.15, 0.2) is 0 Å². The number of amides is 1. The lowest BCUT2D eigenvalue weighted by Gasteiger charge is -2.40. The quantitative estimate of drug-likeness (QED) is 0.448. The first-order valence-electron chi connectivity index (χ1n) is 11.8. The van der Waals surface area contributed by atoms with Gasteiger partial charge in [0, 0.05) is 40.5 Å². The number of anilines is 1. The van der Waals surface area contributed by atoms with Crippen LogP contribution >= 0.6 is 11.6 Å². The summed E-state index contributed by atoms with van der Waals surface area (Å²) in [5, 5.41) is 14.3. The Morgan fingerprint density at radius 2 is 1.62 bits per heavy atom. The predicted octanol–water partition coefficient (Wildman–Crippen LogP) is 4.48. The maximum atomic E-state index is 13.3. The van der Waals surface area contributed by atoms with Crippen molar-refractivity contribution in [3.8, 4) is 17.2 Å². The van der Waals surface area contributed by atoms with Crippen LogP contribution in [0.15, 0.2) is 66.7 Å². The number of carbonyl (C=O) groups excluding carboxylic acids is 1. The van der Waals surface area contributed by atoms with Gasteiger partial charge in [-0.25, -0.2) is 4.79 Å². The van der Waals surface area contributed by atoms with Crippen LogP contribution in [0.4, 0.5) is 5.69 Å². The normalized spacial score (nSPS) is 18.1. The van der Waals surface area contributed by atoms with Crippen LogP contribution in [0, 0.1) is 0 Å². The Labute approximate surface area is 220 Å². The number of hydrogen-bond donors (Lipinski definition) is 2. The molecule has 0 bridgehead atoms. The zero-order chi connectivity index (χ0) is 26.7. The van der Waals surface area contributed by atoms with Crippen LogP contribution in [0.5, 0.6) is 17.2 Å². The molecule has 1 aliphatic heterocycles. The molecule has 0 saturated heterocycles. The first-order chi connectivity index (χ1) is 17.7. The van der Waals surface area contributed by atoms with E-state index >= 15 is 0 Å². The highest BCUT2D eigenvalue weighted by Crippen LogP contribution is 2.44. The molecule has 4 rings (SSSR count). The molecule has 0 fully saturated rings. The molecule has 0 radical (unpaired) electrons. The van der Waals surface area contributed by atoms with Crippen LogP contribution in [0.1, 0.15) is 25.0 Å². The maximum absolute atomic E-state index is 13.3. The van der Waals surface area contributed by atoms with E-state index in [1.165, 1.54) is 14.2 Å². The van der Waals surface area contributed by atoms with Crippen LogP contribution in [-0.4, -0.2) is 49.9 Å². The van der Waals surface area contributed by atoms with Gasteiger partial charge in [0.25, 0.3) is 0 Å². The minimum atomic E-state index is -1.52. The fraction of sp³-hybridized carbons (Fsp3) is 0.286. The molecule has 9 heteroatoms. The molecule has 0 spiro atoms. The van der Waals surface area contributed by atoms with Gasteiger partial charge >= 0.3 is 5.97 Å². The number of nitrogens with zero attached hydrogens (tertiary/aromatic N) is 1. The van der Waals surface area contributed by atoms with Gasteiger partial charge in [0.05, 0.1) is 20.8 Å². The number of methoxy groups -OCH3 is 2. The topological polar surface area (TPSA) is 97.3 Å². The van der Waals surface area contributed by atoms with Crippen LogP contribution in [0.25, 0.3) is 0 Å². The Balaban J connectivity index is 2.02. The van der Waals surface area contributed by atoms with Gasteiger partial charge in [0.2, 0.25) is 12.0 Å². The molecule has 194 valence electrons. The summed E-state index contributed by atoms with van der Waals surface area (Å²) in [5.41, 5.74) is 0.159. The highest BCUT2D eigenvalue weighted by atomic mass is 35.5. The second-order valence-corrected chi connectivity index (χ2v) is 9.37. The number of aliphatic carboxylic acids is 1. The zero-order valence-electron chi connectivity index (χ0n) is 21.0. The van der Waals surface area contributed by atoms with Crippen molar-refractivity contribution in [2.75, 3.05) is 25.7 Å². The predicted molar refractivity (Wildman–Crippen MR) is 141 cm³/mol. The average molecular weight is 525 g/mol. The Hall–Kier alpha value is -3.75. The van der Waals surface area contributed by atoms with Gasteiger partial charge in [-0.15, -0.1) is 0 Å². The molecule has 1 heterocycles. The molecule has 0 unspecified atom stereocenters. The van der Waals surface area contributed by atoms with E-state index in [1.807, 2.05) is 32.0 Å². The minimum Gasteiger partial charge on any atom is -0.496 e. The number of benzene rings is 3. The lowest BCUT2D eigenvalue weighted by Crippen LogP contribution is -2.58. The van der Waals surface area contributed by atoms with Crippen molar-refractivity contribution < 1.29 is 28.9 Å². The third kappa shape index (κ3) is 4.95. The van der Waals surface area contributed by atoms with Crippen molar-refractivity contribution >= 4 is 29.2 Å². The van der Waals surface area contributed by atoms with E-state index in [0.717, 1.165) is 0 Å². The van der Waals surface area contributed by atoms with Crippen LogP contribution in [0.2, 0.25) is 5.02 Å². The van der Waals surface area contributed by atoms with E-state index in [0.29, 0.717) is 33.3 Å². The Kier molecular flexibility index (Phi) is 7.61. The smallest absolute Gasteiger partial charge is 0.347 e. The van der Waals surface area contributed by atoms with Crippen LogP contribution in [-0.2, 0) is 15.1 Å². The molecule has 1 amide bonds. The molecule has 3 aromatic rings. The maximum Gasteiger partial charge on any atom is 0.347 e. The fourth-order valence-corrected chi connectivity index (χ4v) is 4.96. The summed E-state index contributed by atoms with van der Waals surface area (Å²) < 4.78 is 16.9. The third-order valence-electron chi connectivity index (χ3n) is 6.37. The van der Waals surface area contributed by atoms with Gasteiger partial charge in [-0.3, -0.25) is 10.1 Å². The van der Waals surface area contributed by atoms with Gasteiger partial charge in [-0.1, -0.05) is 41.9 Å². The second kappa shape index (κ2) is 10.7. The van der Waals surface area contributed by atoms with E-state index in [-0.39, 0.29) is 24.2 Å². The lowest BCUT2D eigenvalue weighted by atomic mass is 9.77. The molecule has 8 nitrogen and oxygen atoms in total. The molecular formula is C28H29ClN2O6. The number of carboxylic acid groups (broad SMARTS) is 1. The molecule has 2 atom stereocenters. The summed E-state index contributed by atoms with van der Waals surface area (Å²) in [4.78, 5) is 28.0. The van der Waals surface area contributed by atoms with Crippen molar-refractivity contribution in [2.45, 2.75) is 31.5 Å². The van der Waals surface area contributed by atoms with E-state index in [9.17, 15) is 14.7 Å². The van der Waals surface area contributed by atoms with E-state index in [4.69, 9.17) is 25.8 Å². The lowest BCUT2D eigenvalue weighted by molar-refractivity contribution is -0.149. The van der Waals surface area contributed by atoms with Crippen molar-refractivity contribution in [1.29, 1.82) is 0 Å². The standard InChI is InChI=1S/C28H29ClN2O6/c1-17(2)31-24-11-10-19(29)12-23(24)28(30-16-25(31)32,18-8-6-5-7-9-18)26(27(33)34)37-22-14-20(35-3)13-21(15-22)36-4/h5-15,17,26,30H,16H2,1-4H3,(H,33,34)/t26-,28+/m1/s1. The van der Waals surface area contributed by atoms with E-state index < -0.39 is 17.6 Å². The number of rotatable bonds is 8. The Bertz CT molecular complexity index is 1280. The summed E-state index contributed by atoms with van der Waals surface area (Å²) in [6, 6.07) is 18.8. The Morgan fingerprint density at radius 3 is 2.19 bits per heavy atom. The first-order valence-corrected chi connectivity index (χ1v) is 12.1. The molecule has 1 aliphatic rings. The summed E-state index contributed by atoms with van der Waals surface area (Å²) in [7, 11) is 2.99. The number of halogens is 1. The molecule has 2 N–H and O–H groups in total. The van der Waals surface area contributed by atoms with E-state index in [1.54, 1.807) is 53.4 Å². The van der Waals surface area contributed by atoms with Crippen molar-refractivity contribution in [2.24, 2.45) is 0 Å². The molecule has 37 heavy (non-hydrogen) atoms. The molecule has 3 aromatic carbocycles.